The smallest absolute Gasteiger partial charge is 0.132 e. The molecule has 0 atom stereocenters. The lowest BCUT2D eigenvalue weighted by atomic mass is 10.1. The Hall–Kier alpha value is -2.45. The minimum absolute atomic E-state index is 0.307. The van der Waals surface area contributed by atoms with Crippen LogP contribution in [-0.4, -0.2) is 9.97 Å². The van der Waals surface area contributed by atoms with E-state index < -0.39 is 0 Å². The van der Waals surface area contributed by atoms with Crippen molar-refractivity contribution in [2.75, 3.05) is 0 Å². The van der Waals surface area contributed by atoms with Gasteiger partial charge in [-0.25, -0.2) is 9.37 Å². The van der Waals surface area contributed by atoms with Gasteiger partial charge in [-0.15, -0.1) is 11.8 Å². The molecular formula is C17H12FN3S. The lowest BCUT2D eigenvalue weighted by Gasteiger charge is -2.10. The van der Waals surface area contributed by atoms with Crippen LogP contribution < -0.4 is 0 Å². The maximum absolute atomic E-state index is 14.2. The first-order valence-electron chi connectivity index (χ1n) is 6.71. The Kier molecular flexibility index (Phi) is 4.03. The SMILES string of the molecule is Cc1nc(SCc2ccncc2)c2cccc(F)c2c1C#N. The zero-order valence-electron chi connectivity index (χ0n) is 11.9. The molecule has 0 spiro atoms. The molecule has 5 heteroatoms. The van der Waals surface area contributed by atoms with Gasteiger partial charge < -0.3 is 0 Å². The van der Waals surface area contributed by atoms with Crippen molar-refractivity contribution in [1.82, 2.24) is 9.97 Å². The number of fused-ring (bicyclic) bond motifs is 1. The van der Waals surface area contributed by atoms with Crippen molar-refractivity contribution < 1.29 is 4.39 Å². The first-order chi connectivity index (χ1) is 10.7. The lowest BCUT2D eigenvalue weighted by Crippen LogP contribution is -1.96. The van der Waals surface area contributed by atoms with Gasteiger partial charge in [0.05, 0.1) is 11.3 Å². The third kappa shape index (κ3) is 2.66. The zero-order valence-corrected chi connectivity index (χ0v) is 12.7. The highest BCUT2D eigenvalue weighted by atomic mass is 32.2. The number of aryl methyl sites for hydroxylation is 1. The predicted octanol–water partition coefficient (Wildman–Crippen LogP) is 4.24. The molecule has 0 aliphatic rings. The van der Waals surface area contributed by atoms with Gasteiger partial charge >= 0.3 is 0 Å². The molecule has 3 rings (SSSR count). The summed E-state index contributed by atoms with van der Waals surface area (Å²) in [6.45, 7) is 1.74. The fourth-order valence-corrected chi connectivity index (χ4v) is 3.31. The van der Waals surface area contributed by atoms with Gasteiger partial charge in [0, 0.05) is 28.9 Å². The maximum Gasteiger partial charge on any atom is 0.132 e. The highest BCUT2D eigenvalue weighted by molar-refractivity contribution is 7.98. The Labute approximate surface area is 131 Å². The Balaban J connectivity index is 2.07. The molecule has 0 bridgehead atoms. The van der Waals surface area contributed by atoms with Crippen molar-refractivity contribution >= 4 is 22.5 Å². The van der Waals surface area contributed by atoms with Crippen LogP contribution in [0.3, 0.4) is 0 Å². The molecule has 0 saturated carbocycles. The summed E-state index contributed by atoms with van der Waals surface area (Å²) in [5, 5.41) is 11.0. The van der Waals surface area contributed by atoms with Gasteiger partial charge in [0.15, 0.2) is 0 Å². The number of rotatable bonds is 3. The normalized spacial score (nSPS) is 10.6. The summed E-state index contributed by atoms with van der Waals surface area (Å²) in [6.07, 6.45) is 3.48. The van der Waals surface area contributed by atoms with E-state index in [-0.39, 0.29) is 5.82 Å². The first-order valence-corrected chi connectivity index (χ1v) is 7.70. The molecule has 0 aliphatic heterocycles. The third-order valence-corrected chi connectivity index (χ3v) is 4.42. The van der Waals surface area contributed by atoms with Crippen LogP contribution in [0.15, 0.2) is 47.8 Å². The van der Waals surface area contributed by atoms with E-state index in [9.17, 15) is 9.65 Å². The number of pyridine rings is 2. The van der Waals surface area contributed by atoms with Crippen LogP contribution >= 0.6 is 11.8 Å². The van der Waals surface area contributed by atoms with Gasteiger partial charge in [0.1, 0.15) is 16.9 Å². The van der Waals surface area contributed by atoms with E-state index in [4.69, 9.17) is 0 Å². The van der Waals surface area contributed by atoms with Crippen molar-refractivity contribution in [3.63, 3.8) is 0 Å². The molecular weight excluding hydrogens is 297 g/mol. The number of thioether (sulfide) groups is 1. The number of benzene rings is 1. The van der Waals surface area contributed by atoms with Gasteiger partial charge in [0.2, 0.25) is 0 Å². The van der Waals surface area contributed by atoms with Crippen LogP contribution in [0, 0.1) is 24.1 Å². The third-order valence-electron chi connectivity index (χ3n) is 3.36. The van der Waals surface area contributed by atoms with E-state index in [0.717, 1.165) is 10.6 Å². The zero-order chi connectivity index (χ0) is 15.5. The highest BCUT2D eigenvalue weighted by Crippen LogP contribution is 2.32. The molecule has 0 amide bonds. The number of nitriles is 1. The Bertz CT molecular complexity index is 872. The monoisotopic (exact) mass is 309 g/mol. The van der Waals surface area contributed by atoms with Crippen molar-refractivity contribution in [2.24, 2.45) is 0 Å². The molecule has 0 saturated heterocycles. The Morgan fingerprint density at radius 1 is 1.23 bits per heavy atom. The molecule has 0 aliphatic carbocycles. The Morgan fingerprint density at radius 2 is 2.00 bits per heavy atom. The second-order valence-electron chi connectivity index (χ2n) is 4.80. The van der Waals surface area contributed by atoms with Gasteiger partial charge in [-0.05, 0) is 30.7 Å². The fourth-order valence-electron chi connectivity index (χ4n) is 2.28. The molecule has 108 valence electrons. The summed E-state index contributed by atoms with van der Waals surface area (Å²) in [7, 11) is 0. The summed E-state index contributed by atoms with van der Waals surface area (Å²) >= 11 is 1.53. The molecule has 3 aromatic rings. The molecule has 2 heterocycles. The molecule has 0 N–H and O–H groups in total. The van der Waals surface area contributed by atoms with Crippen LogP contribution in [0.5, 0.6) is 0 Å². The molecule has 22 heavy (non-hydrogen) atoms. The van der Waals surface area contributed by atoms with Gasteiger partial charge in [-0.3, -0.25) is 4.98 Å². The first kappa shape index (κ1) is 14.5. The number of nitrogens with zero attached hydrogens (tertiary/aromatic N) is 3. The standard InChI is InChI=1S/C17H12FN3S/c1-11-14(9-19)16-13(3-2-4-15(16)18)17(21-11)22-10-12-5-7-20-8-6-12/h2-8H,10H2,1H3. The van der Waals surface area contributed by atoms with Crippen LogP contribution in [0.25, 0.3) is 10.8 Å². The molecule has 1 aromatic carbocycles. The summed E-state index contributed by atoms with van der Waals surface area (Å²) in [6, 6.07) is 10.8. The summed E-state index contributed by atoms with van der Waals surface area (Å²) in [5.41, 5.74) is 1.98. The summed E-state index contributed by atoms with van der Waals surface area (Å²) < 4.78 is 14.2. The van der Waals surface area contributed by atoms with Crippen LogP contribution in [0.2, 0.25) is 0 Å². The number of aromatic nitrogens is 2. The number of hydrogen-bond donors (Lipinski definition) is 0. The van der Waals surface area contributed by atoms with Gasteiger partial charge in [-0.2, -0.15) is 5.26 Å². The van der Waals surface area contributed by atoms with Gasteiger partial charge in [-0.1, -0.05) is 12.1 Å². The van der Waals surface area contributed by atoms with E-state index in [2.05, 4.69) is 16.0 Å². The number of hydrogen-bond acceptors (Lipinski definition) is 4. The molecule has 0 fully saturated rings. The average Bonchev–Trinajstić information content (AvgIpc) is 2.54. The molecule has 0 unspecified atom stereocenters. The highest BCUT2D eigenvalue weighted by Gasteiger charge is 2.15. The molecule has 3 nitrogen and oxygen atoms in total. The van der Waals surface area contributed by atoms with Crippen molar-refractivity contribution in [2.45, 2.75) is 17.7 Å². The van der Waals surface area contributed by atoms with E-state index in [1.165, 1.54) is 17.8 Å². The van der Waals surface area contributed by atoms with E-state index >= 15 is 0 Å². The van der Waals surface area contributed by atoms with E-state index in [0.29, 0.717) is 27.8 Å². The van der Waals surface area contributed by atoms with Crippen LogP contribution in [0.1, 0.15) is 16.8 Å². The lowest BCUT2D eigenvalue weighted by molar-refractivity contribution is 0.639. The van der Waals surface area contributed by atoms with Gasteiger partial charge in [0.25, 0.3) is 0 Å². The topological polar surface area (TPSA) is 49.6 Å². The van der Waals surface area contributed by atoms with E-state index in [1.54, 1.807) is 31.5 Å². The minimum atomic E-state index is -0.384. The second kappa shape index (κ2) is 6.12. The second-order valence-corrected chi connectivity index (χ2v) is 5.76. The minimum Gasteiger partial charge on any atom is -0.265 e. The quantitative estimate of drug-likeness (QED) is 0.679. The average molecular weight is 309 g/mol. The Morgan fingerprint density at radius 3 is 2.73 bits per heavy atom. The summed E-state index contributed by atoms with van der Waals surface area (Å²) in [4.78, 5) is 8.47. The number of halogens is 1. The van der Waals surface area contributed by atoms with E-state index in [1.807, 2.05) is 12.1 Å². The fraction of sp³-hybridized carbons (Fsp3) is 0.118. The van der Waals surface area contributed by atoms with Crippen molar-refractivity contribution in [3.8, 4) is 6.07 Å². The van der Waals surface area contributed by atoms with Crippen LogP contribution in [0.4, 0.5) is 4.39 Å². The predicted molar refractivity (Wildman–Crippen MR) is 85.0 cm³/mol. The largest absolute Gasteiger partial charge is 0.265 e. The summed E-state index contributed by atoms with van der Waals surface area (Å²) in [5.74, 6) is 0.331. The van der Waals surface area contributed by atoms with Crippen molar-refractivity contribution in [1.29, 1.82) is 5.26 Å². The van der Waals surface area contributed by atoms with Crippen LogP contribution in [-0.2, 0) is 5.75 Å². The maximum atomic E-state index is 14.2. The molecule has 0 radical (unpaired) electrons. The van der Waals surface area contributed by atoms with Crippen molar-refractivity contribution in [3.05, 3.63) is 65.4 Å². The molecule has 2 aromatic heterocycles.